The zero-order chi connectivity index (χ0) is 17.8. The summed E-state index contributed by atoms with van der Waals surface area (Å²) < 4.78 is 5.36. The molecule has 1 N–H and O–H groups in total. The third-order valence-corrected chi connectivity index (χ3v) is 8.76. The molecule has 1 unspecified atom stereocenters. The maximum Gasteiger partial charge on any atom is 0.295 e. The summed E-state index contributed by atoms with van der Waals surface area (Å²) in [4.78, 5) is 11.1. The van der Waals surface area contributed by atoms with Crippen LogP contribution >= 0.6 is 0 Å². The molecule has 0 aromatic carbocycles. The third kappa shape index (κ3) is 2.53. The zero-order valence-corrected chi connectivity index (χ0v) is 16.2. The third-order valence-electron chi connectivity index (χ3n) is 8.76. The van der Waals surface area contributed by atoms with Gasteiger partial charge in [-0.15, -0.1) is 0 Å². The first-order valence-corrected chi connectivity index (χ1v) is 9.99. The average molecular weight is 337 g/mol. The molecule has 3 nitrogen and oxygen atoms in total. The number of hydrogen-bond donors (Lipinski definition) is 1. The minimum absolute atomic E-state index is 0.324. The Bertz CT molecular complexity index is 487. The van der Waals surface area contributed by atoms with Crippen LogP contribution in [0.25, 0.3) is 0 Å². The van der Waals surface area contributed by atoms with E-state index in [4.69, 9.17) is 4.74 Å². The van der Waals surface area contributed by atoms with Gasteiger partial charge in [0.15, 0.2) is 0 Å². The molecule has 3 aliphatic rings. The Morgan fingerprint density at radius 1 is 0.958 bits per heavy atom. The molecular weight excluding hydrogens is 300 g/mol. The van der Waals surface area contributed by atoms with Gasteiger partial charge in [-0.1, -0.05) is 41.0 Å². The highest BCUT2D eigenvalue weighted by Gasteiger charge is 2.60. The van der Waals surface area contributed by atoms with Crippen molar-refractivity contribution in [3.8, 4) is 0 Å². The van der Waals surface area contributed by atoms with Crippen molar-refractivity contribution in [3.63, 3.8) is 0 Å². The van der Waals surface area contributed by atoms with E-state index in [0.717, 1.165) is 25.2 Å². The van der Waals surface area contributed by atoms with Crippen LogP contribution in [0.4, 0.5) is 0 Å². The number of rotatable bonds is 2. The van der Waals surface area contributed by atoms with Crippen molar-refractivity contribution in [2.45, 2.75) is 85.4 Å². The van der Waals surface area contributed by atoms with Crippen LogP contribution < -0.4 is 0 Å². The number of carbonyl (C=O) groups is 1. The van der Waals surface area contributed by atoms with Crippen LogP contribution in [0.3, 0.4) is 0 Å². The molecule has 3 heteroatoms. The Labute approximate surface area is 147 Å². The summed E-state index contributed by atoms with van der Waals surface area (Å²) in [6, 6.07) is 0. The van der Waals surface area contributed by atoms with Gasteiger partial charge in [0.05, 0.1) is 0 Å². The molecule has 0 amide bonds. The van der Waals surface area contributed by atoms with E-state index in [1.54, 1.807) is 0 Å². The highest BCUT2D eigenvalue weighted by Crippen LogP contribution is 2.62. The van der Waals surface area contributed by atoms with Crippen molar-refractivity contribution in [1.29, 1.82) is 0 Å². The van der Waals surface area contributed by atoms with E-state index < -0.39 is 5.79 Å². The van der Waals surface area contributed by atoms with Crippen molar-refractivity contribution in [3.05, 3.63) is 0 Å². The van der Waals surface area contributed by atoms with Crippen molar-refractivity contribution in [1.82, 2.24) is 0 Å². The molecule has 138 valence electrons. The van der Waals surface area contributed by atoms with E-state index in [1.165, 1.54) is 19.3 Å². The Morgan fingerprint density at radius 2 is 1.62 bits per heavy atom. The lowest BCUT2D eigenvalue weighted by Gasteiger charge is -2.60. The number of carbonyl (C=O) groups excluding carboxylic acids is 1. The summed E-state index contributed by atoms with van der Waals surface area (Å²) >= 11 is 0. The second-order valence-corrected chi connectivity index (χ2v) is 9.99. The fourth-order valence-corrected chi connectivity index (χ4v) is 6.89. The Morgan fingerprint density at radius 3 is 2.29 bits per heavy atom. The van der Waals surface area contributed by atoms with Gasteiger partial charge in [0.2, 0.25) is 5.79 Å². The van der Waals surface area contributed by atoms with Gasteiger partial charge < -0.3 is 9.84 Å². The fourth-order valence-electron chi connectivity index (χ4n) is 6.89. The predicted octanol–water partition coefficient (Wildman–Crippen LogP) is 4.77. The van der Waals surface area contributed by atoms with Crippen LogP contribution in [0.15, 0.2) is 0 Å². The van der Waals surface area contributed by atoms with E-state index in [9.17, 15) is 9.90 Å². The van der Waals surface area contributed by atoms with Crippen molar-refractivity contribution >= 4 is 6.47 Å². The van der Waals surface area contributed by atoms with E-state index in [-0.39, 0.29) is 5.41 Å². The molecule has 3 rings (SSSR count). The van der Waals surface area contributed by atoms with Gasteiger partial charge in [0.25, 0.3) is 6.47 Å². The first-order chi connectivity index (χ1) is 11.2. The molecule has 2 bridgehead atoms. The number of fused-ring (bicyclic) bond motifs is 3. The molecule has 0 spiro atoms. The van der Waals surface area contributed by atoms with Crippen LogP contribution in [-0.4, -0.2) is 17.4 Å². The molecule has 3 saturated carbocycles. The van der Waals surface area contributed by atoms with E-state index in [0.29, 0.717) is 42.0 Å². The van der Waals surface area contributed by atoms with Gasteiger partial charge in [-0.2, -0.15) is 0 Å². The largest absolute Gasteiger partial charge is 0.435 e. The second kappa shape index (κ2) is 6.00. The lowest BCUT2D eigenvalue weighted by molar-refractivity contribution is -0.295. The lowest BCUT2D eigenvalue weighted by atomic mass is 9.47. The monoisotopic (exact) mass is 336 g/mol. The predicted molar refractivity (Wildman–Crippen MR) is 95.1 cm³/mol. The van der Waals surface area contributed by atoms with Gasteiger partial charge in [-0.25, -0.2) is 0 Å². The van der Waals surface area contributed by atoms with E-state index in [1.807, 2.05) is 0 Å². The highest BCUT2D eigenvalue weighted by atomic mass is 16.6. The summed E-state index contributed by atoms with van der Waals surface area (Å²) in [5.74, 6) is 1.88. The van der Waals surface area contributed by atoms with Gasteiger partial charge in [0, 0.05) is 11.8 Å². The van der Waals surface area contributed by atoms with E-state index in [2.05, 4.69) is 34.6 Å². The smallest absolute Gasteiger partial charge is 0.295 e. The van der Waals surface area contributed by atoms with Gasteiger partial charge in [0.1, 0.15) is 0 Å². The van der Waals surface area contributed by atoms with Crippen molar-refractivity contribution < 1.29 is 14.6 Å². The molecule has 24 heavy (non-hydrogen) atoms. The van der Waals surface area contributed by atoms with Gasteiger partial charge >= 0.3 is 0 Å². The standard InChI is InChI=1S/C21H36O3/c1-14-6-7-16-12-18-15(2)8-11-21(23,24-13-22)20(18,5)10-9-17(14)19(16,3)4/h13-18,23H,6-12H2,1-5H3/t14-,15-,16+,17+,18-,20+,21?/m1/s1. The van der Waals surface area contributed by atoms with Crippen LogP contribution in [-0.2, 0) is 9.53 Å². The first kappa shape index (κ1) is 18.2. The number of ether oxygens (including phenoxy) is 1. The highest BCUT2D eigenvalue weighted by molar-refractivity contribution is 5.38. The minimum Gasteiger partial charge on any atom is -0.435 e. The molecule has 0 aromatic heterocycles. The molecule has 0 aromatic rings. The number of hydrogen-bond acceptors (Lipinski definition) is 3. The molecular formula is C21H36O3. The summed E-state index contributed by atoms with van der Waals surface area (Å²) in [5.41, 5.74) is 0.0510. The molecule has 0 heterocycles. The normalized spacial score (nSPS) is 51.0. The summed E-state index contributed by atoms with van der Waals surface area (Å²) in [7, 11) is 0. The lowest BCUT2D eigenvalue weighted by Crippen LogP contribution is -2.60. The fraction of sp³-hybridized carbons (Fsp3) is 0.952. The van der Waals surface area contributed by atoms with Crippen molar-refractivity contribution in [2.24, 2.45) is 40.4 Å². The quantitative estimate of drug-likeness (QED) is 0.583. The molecule has 0 radical (unpaired) electrons. The van der Waals surface area contributed by atoms with Gasteiger partial charge in [-0.05, 0) is 67.1 Å². The van der Waals surface area contributed by atoms with Crippen LogP contribution in [0, 0.1) is 40.4 Å². The van der Waals surface area contributed by atoms with Gasteiger partial charge in [-0.3, -0.25) is 4.79 Å². The minimum atomic E-state index is -1.29. The molecule has 0 saturated heterocycles. The SMILES string of the molecule is C[C@@H]1CCC(O)(OC=O)[C@@]2(C)CC[C@H]3[C@H](C)CC[C@@H](C[C@H]12)C3(C)C. The molecule has 0 aliphatic heterocycles. The second-order valence-electron chi connectivity index (χ2n) is 9.99. The number of aliphatic hydroxyl groups is 1. The maximum absolute atomic E-state index is 11.3. The summed E-state index contributed by atoms with van der Waals surface area (Å²) in [6.07, 6.45) is 7.42. The topological polar surface area (TPSA) is 46.5 Å². The molecule has 3 fully saturated rings. The Kier molecular flexibility index (Phi) is 4.56. The summed E-state index contributed by atoms with van der Waals surface area (Å²) in [5, 5.41) is 11.3. The Hall–Kier alpha value is -0.570. The average Bonchev–Trinajstić information content (AvgIpc) is 2.49. The summed E-state index contributed by atoms with van der Waals surface area (Å²) in [6.45, 7) is 12.3. The van der Waals surface area contributed by atoms with Crippen LogP contribution in [0.1, 0.15) is 79.6 Å². The van der Waals surface area contributed by atoms with E-state index >= 15 is 0 Å². The van der Waals surface area contributed by atoms with Crippen LogP contribution in [0.2, 0.25) is 0 Å². The first-order valence-electron chi connectivity index (χ1n) is 9.99. The zero-order valence-electron chi connectivity index (χ0n) is 16.2. The van der Waals surface area contributed by atoms with Crippen LogP contribution in [0.5, 0.6) is 0 Å². The molecule has 3 aliphatic carbocycles. The maximum atomic E-state index is 11.3. The van der Waals surface area contributed by atoms with Crippen molar-refractivity contribution in [2.75, 3.05) is 0 Å². The Balaban J connectivity index is 2.00. The molecule has 7 atom stereocenters.